The Morgan fingerprint density at radius 1 is 1.15 bits per heavy atom. The van der Waals surface area contributed by atoms with Gasteiger partial charge in [0.05, 0.1) is 0 Å². The van der Waals surface area contributed by atoms with Gasteiger partial charge in [-0.3, -0.25) is 4.79 Å². The van der Waals surface area contributed by atoms with Gasteiger partial charge in [-0.25, -0.2) is 0 Å². The third kappa shape index (κ3) is 11.4. The van der Waals surface area contributed by atoms with Crippen LogP contribution in [0.3, 0.4) is 0 Å². The summed E-state index contributed by atoms with van der Waals surface area (Å²) in [7, 11) is 0. The summed E-state index contributed by atoms with van der Waals surface area (Å²) in [6.07, 6.45) is 4.61. The molecule has 0 aromatic rings. The number of primary amides is 1. The van der Waals surface area contributed by atoms with E-state index in [4.69, 9.17) is 10.8 Å². The predicted octanol–water partition coefficient (Wildman–Crippen LogP) is 0.00410. The van der Waals surface area contributed by atoms with Crippen molar-refractivity contribution in [3.63, 3.8) is 0 Å². The number of nitrogens with two attached hydrogens (primary N) is 1. The highest BCUT2D eigenvalue weighted by atomic mass is 16.2. The molecule has 0 saturated carbocycles. The molecule has 13 heavy (non-hydrogen) atoms. The average molecular weight is 188 g/mol. The fraction of sp³-hybridized carbons (Fsp3) is 0.889. The molecule has 78 valence electrons. The van der Waals surface area contributed by atoms with E-state index in [1.165, 1.54) is 0 Å². The molecule has 0 unspecified atom stereocenters. The molecular weight excluding hydrogens is 168 g/mol. The molecule has 0 aliphatic rings. The fourth-order valence-corrected chi connectivity index (χ4v) is 1.05. The van der Waals surface area contributed by atoms with Gasteiger partial charge in [0.25, 0.3) is 0 Å². The lowest BCUT2D eigenvalue weighted by molar-refractivity contribution is -0.117. The zero-order chi connectivity index (χ0) is 9.94. The Morgan fingerprint density at radius 3 is 2.46 bits per heavy atom. The van der Waals surface area contributed by atoms with Gasteiger partial charge in [-0.2, -0.15) is 0 Å². The molecule has 0 radical (unpaired) electrons. The van der Waals surface area contributed by atoms with Crippen molar-refractivity contribution in [3.05, 3.63) is 0 Å². The molecular formula is C9H20N2O2. The minimum atomic E-state index is -0.257. The summed E-state index contributed by atoms with van der Waals surface area (Å²) < 4.78 is 0. The molecule has 0 spiro atoms. The smallest absolute Gasteiger partial charge is 0.218 e. The quantitative estimate of drug-likeness (QED) is 0.446. The summed E-state index contributed by atoms with van der Waals surface area (Å²) >= 11 is 0. The van der Waals surface area contributed by atoms with Crippen LogP contribution in [0.25, 0.3) is 0 Å². The van der Waals surface area contributed by atoms with Crippen LogP contribution in [0.5, 0.6) is 0 Å². The van der Waals surface area contributed by atoms with Crippen LogP contribution in [0, 0.1) is 0 Å². The Morgan fingerprint density at radius 2 is 1.85 bits per heavy atom. The maximum atomic E-state index is 10.3. The molecule has 0 aromatic carbocycles. The van der Waals surface area contributed by atoms with Crippen LogP contribution in [0.1, 0.15) is 32.1 Å². The first-order valence-corrected chi connectivity index (χ1v) is 4.87. The van der Waals surface area contributed by atoms with E-state index in [9.17, 15) is 4.79 Å². The van der Waals surface area contributed by atoms with Crippen molar-refractivity contribution in [2.75, 3.05) is 19.7 Å². The largest absolute Gasteiger partial charge is 0.396 e. The Hall–Kier alpha value is -0.610. The summed E-state index contributed by atoms with van der Waals surface area (Å²) in [6.45, 7) is 1.89. The van der Waals surface area contributed by atoms with E-state index in [2.05, 4.69) is 5.32 Å². The van der Waals surface area contributed by atoms with Crippen LogP contribution >= 0.6 is 0 Å². The first kappa shape index (κ1) is 12.4. The number of aliphatic hydroxyl groups excluding tert-OH is 1. The lowest BCUT2D eigenvalue weighted by Crippen LogP contribution is -2.22. The summed E-state index contributed by atoms with van der Waals surface area (Å²) in [4.78, 5) is 10.3. The van der Waals surface area contributed by atoms with Gasteiger partial charge >= 0.3 is 0 Å². The second-order valence-corrected chi connectivity index (χ2v) is 3.10. The van der Waals surface area contributed by atoms with E-state index in [0.29, 0.717) is 13.0 Å². The summed E-state index contributed by atoms with van der Waals surface area (Å²) in [6, 6.07) is 0. The highest BCUT2D eigenvalue weighted by Crippen LogP contribution is 1.97. The van der Waals surface area contributed by atoms with E-state index in [0.717, 1.165) is 32.2 Å². The van der Waals surface area contributed by atoms with Gasteiger partial charge in [-0.15, -0.1) is 0 Å². The van der Waals surface area contributed by atoms with Crippen molar-refractivity contribution >= 4 is 5.91 Å². The van der Waals surface area contributed by atoms with Crippen LogP contribution in [0.2, 0.25) is 0 Å². The normalized spacial score (nSPS) is 10.2. The minimum absolute atomic E-state index is 0.257. The van der Waals surface area contributed by atoms with Gasteiger partial charge in [0.1, 0.15) is 0 Å². The molecule has 4 heteroatoms. The molecule has 0 atom stereocenters. The number of carbonyl (C=O) groups is 1. The van der Waals surface area contributed by atoms with Crippen LogP contribution in [-0.4, -0.2) is 30.7 Å². The monoisotopic (exact) mass is 188 g/mol. The van der Waals surface area contributed by atoms with Crippen LogP contribution in [-0.2, 0) is 4.79 Å². The number of nitrogens with one attached hydrogen (secondary N) is 1. The summed E-state index contributed by atoms with van der Waals surface area (Å²) in [5.74, 6) is -0.257. The van der Waals surface area contributed by atoms with Gasteiger partial charge in [-0.1, -0.05) is 12.8 Å². The Labute approximate surface area is 79.5 Å². The minimum Gasteiger partial charge on any atom is -0.396 e. The average Bonchev–Trinajstić information content (AvgIpc) is 2.09. The second-order valence-electron chi connectivity index (χ2n) is 3.10. The topological polar surface area (TPSA) is 75.4 Å². The van der Waals surface area contributed by atoms with Crippen molar-refractivity contribution in [2.24, 2.45) is 5.73 Å². The second kappa shape index (κ2) is 9.48. The number of hydrogen-bond acceptors (Lipinski definition) is 3. The molecule has 0 heterocycles. The van der Waals surface area contributed by atoms with E-state index >= 15 is 0 Å². The van der Waals surface area contributed by atoms with Crippen molar-refractivity contribution < 1.29 is 9.90 Å². The first-order chi connectivity index (χ1) is 6.27. The van der Waals surface area contributed by atoms with Crippen LogP contribution < -0.4 is 11.1 Å². The van der Waals surface area contributed by atoms with Gasteiger partial charge in [-0.05, 0) is 19.4 Å². The van der Waals surface area contributed by atoms with E-state index in [1.54, 1.807) is 0 Å². The Balaban J connectivity index is 2.87. The molecule has 0 saturated heterocycles. The standard InChI is InChI=1S/C9H20N2O2/c10-9(13)5-7-11-6-3-1-2-4-8-12/h11-12H,1-8H2,(H2,10,13). The van der Waals surface area contributed by atoms with Crippen molar-refractivity contribution in [3.8, 4) is 0 Å². The number of rotatable bonds is 9. The van der Waals surface area contributed by atoms with Crippen molar-refractivity contribution in [2.45, 2.75) is 32.1 Å². The lowest BCUT2D eigenvalue weighted by Gasteiger charge is -2.02. The van der Waals surface area contributed by atoms with Crippen molar-refractivity contribution in [1.82, 2.24) is 5.32 Å². The number of unbranched alkanes of at least 4 members (excludes halogenated alkanes) is 3. The third-order valence-electron chi connectivity index (χ3n) is 1.81. The van der Waals surface area contributed by atoms with Gasteiger partial charge < -0.3 is 16.2 Å². The molecule has 4 nitrogen and oxygen atoms in total. The van der Waals surface area contributed by atoms with Crippen LogP contribution in [0.4, 0.5) is 0 Å². The van der Waals surface area contributed by atoms with Crippen molar-refractivity contribution in [1.29, 1.82) is 0 Å². The fourth-order valence-electron chi connectivity index (χ4n) is 1.05. The summed E-state index contributed by atoms with van der Waals surface area (Å²) in [5, 5.41) is 11.6. The molecule has 1 amide bonds. The maximum absolute atomic E-state index is 10.3. The van der Waals surface area contributed by atoms with E-state index in [-0.39, 0.29) is 12.5 Å². The summed E-state index contributed by atoms with van der Waals surface area (Å²) in [5.41, 5.74) is 4.97. The number of amides is 1. The number of hydrogen-bond donors (Lipinski definition) is 3. The van der Waals surface area contributed by atoms with Crippen LogP contribution in [0.15, 0.2) is 0 Å². The highest BCUT2D eigenvalue weighted by Gasteiger charge is 1.93. The number of carbonyl (C=O) groups excluding carboxylic acids is 1. The molecule has 0 fully saturated rings. The Bertz CT molecular complexity index is 129. The van der Waals surface area contributed by atoms with Gasteiger partial charge in [0, 0.05) is 19.6 Å². The number of aliphatic hydroxyl groups is 1. The third-order valence-corrected chi connectivity index (χ3v) is 1.81. The first-order valence-electron chi connectivity index (χ1n) is 4.87. The van der Waals surface area contributed by atoms with E-state index < -0.39 is 0 Å². The predicted molar refractivity (Wildman–Crippen MR) is 52.2 cm³/mol. The SMILES string of the molecule is NC(=O)CCNCCCCCCO. The zero-order valence-corrected chi connectivity index (χ0v) is 8.09. The van der Waals surface area contributed by atoms with E-state index in [1.807, 2.05) is 0 Å². The molecule has 0 aliphatic carbocycles. The molecule has 0 aromatic heterocycles. The molecule has 4 N–H and O–H groups in total. The maximum Gasteiger partial charge on any atom is 0.218 e. The molecule has 0 rings (SSSR count). The van der Waals surface area contributed by atoms with Gasteiger partial charge in [0.15, 0.2) is 0 Å². The lowest BCUT2D eigenvalue weighted by atomic mass is 10.2. The highest BCUT2D eigenvalue weighted by molar-refractivity contribution is 5.73. The molecule has 0 bridgehead atoms. The molecule has 0 aliphatic heterocycles. The van der Waals surface area contributed by atoms with Gasteiger partial charge in [0.2, 0.25) is 5.91 Å². The zero-order valence-electron chi connectivity index (χ0n) is 8.09. The Kier molecular flexibility index (Phi) is 9.03.